The molecule has 0 aliphatic carbocycles. The number of nitrogens with one attached hydrogen (secondary N) is 3. The van der Waals surface area contributed by atoms with E-state index in [0.717, 1.165) is 17.5 Å². The first-order chi connectivity index (χ1) is 17.3. The lowest BCUT2D eigenvalue weighted by atomic mass is 10.0. The minimum atomic E-state index is -1.05. The number of carbonyl (C=O) groups is 4. The normalized spacial score (nSPS) is 12.3. The van der Waals surface area contributed by atoms with Crippen LogP contribution in [0.5, 0.6) is 0 Å². The number of hydrogen-bond donors (Lipinski definition) is 3. The Balaban J connectivity index is 1.94. The molecule has 0 spiro atoms. The van der Waals surface area contributed by atoms with Gasteiger partial charge in [-0.25, -0.2) is 10.3 Å². The molecule has 2 aromatic carbocycles. The third kappa shape index (κ3) is 9.87. The van der Waals surface area contributed by atoms with Gasteiger partial charge in [0.05, 0.1) is 12.6 Å². The molecule has 2 rings (SSSR count). The van der Waals surface area contributed by atoms with Gasteiger partial charge in [-0.1, -0.05) is 94.3 Å². The summed E-state index contributed by atoms with van der Waals surface area (Å²) in [5, 5.41) is 5.18. The maximum absolute atomic E-state index is 13.0. The van der Waals surface area contributed by atoms with Gasteiger partial charge in [0.25, 0.3) is 0 Å². The zero-order valence-electron chi connectivity index (χ0n) is 21.0. The van der Waals surface area contributed by atoms with Crippen molar-refractivity contribution in [3.63, 3.8) is 0 Å². The fourth-order valence-corrected chi connectivity index (χ4v) is 3.33. The summed E-state index contributed by atoms with van der Waals surface area (Å²) in [7, 11) is 0. The van der Waals surface area contributed by atoms with Crippen molar-refractivity contribution >= 4 is 23.7 Å². The molecule has 0 saturated heterocycles. The molecule has 9 nitrogen and oxygen atoms in total. The lowest BCUT2D eigenvalue weighted by Gasteiger charge is -2.24. The lowest BCUT2D eigenvalue weighted by Crippen LogP contribution is -2.55. The number of hydrogen-bond acceptors (Lipinski definition) is 6. The van der Waals surface area contributed by atoms with Crippen LogP contribution >= 0.6 is 0 Å². The van der Waals surface area contributed by atoms with Crippen molar-refractivity contribution in [3.05, 3.63) is 71.8 Å². The summed E-state index contributed by atoms with van der Waals surface area (Å²) in [6.45, 7) is 5.60. The van der Waals surface area contributed by atoms with E-state index >= 15 is 0 Å². The van der Waals surface area contributed by atoms with Crippen molar-refractivity contribution in [1.82, 2.24) is 16.1 Å². The van der Waals surface area contributed by atoms with E-state index in [0.29, 0.717) is 6.42 Å². The fraction of sp³-hybridized carbons (Fsp3) is 0.407. The van der Waals surface area contributed by atoms with E-state index in [9.17, 15) is 19.2 Å². The molecule has 2 atom stereocenters. The Labute approximate surface area is 211 Å². The van der Waals surface area contributed by atoms with E-state index in [1.807, 2.05) is 67.6 Å². The molecule has 0 unspecified atom stereocenters. The number of rotatable bonds is 14. The quantitative estimate of drug-likeness (QED) is 0.271. The van der Waals surface area contributed by atoms with Crippen molar-refractivity contribution < 1.29 is 28.8 Å². The summed E-state index contributed by atoms with van der Waals surface area (Å²) < 4.78 is 5.22. The Bertz CT molecular complexity index is 982. The molecule has 0 heterocycles. The average molecular weight is 498 g/mol. The molecule has 0 aromatic heterocycles. The van der Waals surface area contributed by atoms with Crippen molar-refractivity contribution in [1.29, 1.82) is 0 Å². The largest absolute Gasteiger partial charge is 0.445 e. The SMILES string of the molecule is CCCC[C@H](NC(=O)[C@@H](NC(=O)OCc1ccccc1)C(C)C)C(=O)C(=O)NOCc1ccccc1. The molecule has 0 radical (unpaired) electrons. The van der Waals surface area contributed by atoms with Crippen LogP contribution in [0.3, 0.4) is 0 Å². The summed E-state index contributed by atoms with van der Waals surface area (Å²) in [4.78, 5) is 55.6. The van der Waals surface area contributed by atoms with Crippen molar-refractivity contribution in [2.45, 2.75) is 65.3 Å². The number of amides is 3. The van der Waals surface area contributed by atoms with Crippen LogP contribution in [0, 0.1) is 5.92 Å². The molecule has 36 heavy (non-hydrogen) atoms. The van der Waals surface area contributed by atoms with E-state index in [1.165, 1.54) is 0 Å². The number of Topliss-reactive ketones (excluding diaryl/α,β-unsaturated/α-hetero) is 1. The van der Waals surface area contributed by atoms with Gasteiger partial charge >= 0.3 is 12.0 Å². The number of benzene rings is 2. The molecule has 0 bridgehead atoms. The van der Waals surface area contributed by atoms with Crippen LogP contribution in [0.2, 0.25) is 0 Å². The van der Waals surface area contributed by atoms with Crippen LogP contribution in [-0.4, -0.2) is 35.8 Å². The van der Waals surface area contributed by atoms with Gasteiger partial charge in [-0.2, -0.15) is 0 Å². The van der Waals surface area contributed by atoms with Crippen LogP contribution in [-0.2, 0) is 37.2 Å². The first-order valence-corrected chi connectivity index (χ1v) is 12.1. The van der Waals surface area contributed by atoms with Gasteiger partial charge in [0.2, 0.25) is 11.7 Å². The Morgan fingerprint density at radius 1 is 0.833 bits per heavy atom. The van der Waals surface area contributed by atoms with E-state index < -0.39 is 35.8 Å². The molecular formula is C27H35N3O6. The maximum Gasteiger partial charge on any atom is 0.408 e. The summed E-state index contributed by atoms with van der Waals surface area (Å²) in [6.07, 6.45) is 0.907. The van der Waals surface area contributed by atoms with Crippen molar-refractivity contribution in [3.8, 4) is 0 Å². The molecule has 194 valence electrons. The monoisotopic (exact) mass is 497 g/mol. The number of ketones is 1. The standard InChI is InChI=1S/C27H35N3O6/c1-4-5-16-22(24(31)26(33)30-36-18-21-14-10-7-11-15-21)28-25(32)23(19(2)3)29-27(34)35-17-20-12-8-6-9-13-20/h6-15,19,22-23H,4-5,16-18H2,1-3H3,(H,28,32)(H,29,34)(H,30,33)/t22-,23-/m0/s1. The average Bonchev–Trinajstić information content (AvgIpc) is 2.88. The first kappa shape index (κ1) is 28.5. The summed E-state index contributed by atoms with van der Waals surface area (Å²) in [6, 6.07) is 16.3. The second kappa shape index (κ2) is 15.3. The molecule has 9 heteroatoms. The van der Waals surface area contributed by atoms with E-state index in [4.69, 9.17) is 9.57 Å². The molecule has 0 aliphatic rings. The Morgan fingerprint density at radius 2 is 1.42 bits per heavy atom. The van der Waals surface area contributed by atoms with Gasteiger partial charge in [-0.05, 0) is 23.5 Å². The highest BCUT2D eigenvalue weighted by molar-refractivity contribution is 6.38. The van der Waals surface area contributed by atoms with Crippen LogP contribution in [0.4, 0.5) is 4.79 Å². The van der Waals surface area contributed by atoms with Gasteiger partial charge in [-0.3, -0.25) is 19.2 Å². The third-order valence-electron chi connectivity index (χ3n) is 5.38. The number of alkyl carbamates (subject to hydrolysis) is 1. The number of hydroxylamine groups is 1. The van der Waals surface area contributed by atoms with Gasteiger partial charge in [0.15, 0.2) is 0 Å². The molecule has 2 aromatic rings. The zero-order valence-corrected chi connectivity index (χ0v) is 21.0. The zero-order chi connectivity index (χ0) is 26.3. The molecule has 0 aliphatic heterocycles. The maximum atomic E-state index is 13.0. The van der Waals surface area contributed by atoms with Crippen molar-refractivity contribution in [2.75, 3.05) is 0 Å². The Morgan fingerprint density at radius 3 is 1.97 bits per heavy atom. The molecule has 0 fully saturated rings. The van der Waals surface area contributed by atoms with Crippen molar-refractivity contribution in [2.24, 2.45) is 5.92 Å². The summed E-state index contributed by atoms with van der Waals surface area (Å²) in [5.41, 5.74) is 3.78. The van der Waals surface area contributed by atoms with E-state index in [1.54, 1.807) is 13.8 Å². The minimum absolute atomic E-state index is 0.0554. The minimum Gasteiger partial charge on any atom is -0.445 e. The Kier molecular flexibility index (Phi) is 12.1. The highest BCUT2D eigenvalue weighted by Gasteiger charge is 2.31. The Hall–Kier alpha value is -3.72. The third-order valence-corrected chi connectivity index (χ3v) is 5.38. The van der Waals surface area contributed by atoms with Crippen LogP contribution < -0.4 is 16.1 Å². The second-order valence-corrected chi connectivity index (χ2v) is 8.70. The first-order valence-electron chi connectivity index (χ1n) is 12.1. The van der Waals surface area contributed by atoms with Gasteiger partial charge in [0, 0.05) is 0 Å². The van der Waals surface area contributed by atoms with Crippen LogP contribution in [0.1, 0.15) is 51.2 Å². The number of unbranched alkanes of at least 4 members (excludes halogenated alkanes) is 1. The smallest absolute Gasteiger partial charge is 0.408 e. The van der Waals surface area contributed by atoms with Crippen LogP contribution in [0.25, 0.3) is 0 Å². The molecule has 3 amide bonds. The predicted molar refractivity (Wildman–Crippen MR) is 134 cm³/mol. The summed E-state index contributed by atoms with van der Waals surface area (Å²) >= 11 is 0. The second-order valence-electron chi connectivity index (χ2n) is 8.70. The van der Waals surface area contributed by atoms with Gasteiger partial charge < -0.3 is 15.4 Å². The predicted octanol–water partition coefficient (Wildman–Crippen LogP) is 3.43. The molecule has 3 N–H and O–H groups in total. The molecular weight excluding hydrogens is 462 g/mol. The number of carbonyl (C=O) groups excluding carboxylic acids is 4. The van der Waals surface area contributed by atoms with Gasteiger partial charge in [-0.15, -0.1) is 0 Å². The highest BCUT2D eigenvalue weighted by atomic mass is 16.7. The van der Waals surface area contributed by atoms with E-state index in [2.05, 4.69) is 16.1 Å². The van der Waals surface area contributed by atoms with Gasteiger partial charge in [0.1, 0.15) is 12.6 Å². The number of ether oxygens (including phenoxy) is 1. The topological polar surface area (TPSA) is 123 Å². The lowest BCUT2D eigenvalue weighted by molar-refractivity contribution is -0.148. The summed E-state index contributed by atoms with van der Waals surface area (Å²) in [5.74, 6) is -2.64. The molecule has 0 saturated carbocycles. The van der Waals surface area contributed by atoms with Crippen LogP contribution in [0.15, 0.2) is 60.7 Å². The van der Waals surface area contributed by atoms with E-state index in [-0.39, 0.29) is 25.6 Å². The fourth-order valence-electron chi connectivity index (χ4n) is 3.33. The highest BCUT2D eigenvalue weighted by Crippen LogP contribution is 2.08.